The van der Waals surface area contributed by atoms with Crippen molar-refractivity contribution in [2.24, 2.45) is 0 Å². The lowest BCUT2D eigenvalue weighted by Gasteiger charge is -2.20. The van der Waals surface area contributed by atoms with Gasteiger partial charge in [-0.25, -0.2) is 0 Å². The van der Waals surface area contributed by atoms with Gasteiger partial charge < -0.3 is 14.8 Å². The minimum Gasteiger partial charge on any atom is -0.351 e. The molecule has 1 saturated heterocycles. The Morgan fingerprint density at radius 1 is 1.18 bits per heavy atom. The zero-order valence-corrected chi connectivity index (χ0v) is 17.1. The van der Waals surface area contributed by atoms with Gasteiger partial charge in [0, 0.05) is 26.1 Å². The van der Waals surface area contributed by atoms with Crippen LogP contribution in [0.4, 0.5) is 0 Å². The number of nitrogens with one attached hydrogen (secondary N) is 1. The number of benzene rings is 1. The Hall–Kier alpha value is -2.35. The van der Waals surface area contributed by atoms with Gasteiger partial charge in [0.2, 0.25) is 11.8 Å². The molecule has 1 aliphatic rings. The molecule has 3 rings (SSSR count). The van der Waals surface area contributed by atoms with Crippen LogP contribution in [0.1, 0.15) is 44.0 Å². The van der Waals surface area contributed by atoms with Crippen LogP contribution in [0, 0.1) is 0 Å². The van der Waals surface area contributed by atoms with E-state index in [9.17, 15) is 9.59 Å². The van der Waals surface area contributed by atoms with Crippen molar-refractivity contribution in [3.05, 3.63) is 41.7 Å². The fourth-order valence-corrected chi connectivity index (χ4v) is 4.07. The number of likely N-dealkylation sites (tertiary alicyclic amines) is 1. The van der Waals surface area contributed by atoms with Crippen LogP contribution in [0.5, 0.6) is 0 Å². The molecular weight excluding hydrogens is 374 g/mol. The van der Waals surface area contributed by atoms with Crippen molar-refractivity contribution in [2.45, 2.75) is 57.4 Å². The summed E-state index contributed by atoms with van der Waals surface area (Å²) in [6.07, 6.45) is 3.72. The smallest absolute Gasteiger partial charge is 0.230 e. The second-order valence-electron chi connectivity index (χ2n) is 6.82. The quantitative estimate of drug-likeness (QED) is 0.688. The molecule has 0 unspecified atom stereocenters. The van der Waals surface area contributed by atoms with Gasteiger partial charge in [0.25, 0.3) is 0 Å². The van der Waals surface area contributed by atoms with E-state index in [1.54, 1.807) is 0 Å². The number of rotatable bonds is 8. The first-order valence-corrected chi connectivity index (χ1v) is 10.8. The number of hydrogen-bond acceptors (Lipinski definition) is 5. The molecular formula is C20H27N5O2S. The fourth-order valence-electron chi connectivity index (χ4n) is 3.21. The Bertz CT molecular complexity index is 793. The SMILES string of the molecule is CCn1c(CN2CCCCCC2=O)nnc1SCC(=O)NCc1ccccc1. The third-order valence-corrected chi connectivity index (χ3v) is 5.74. The highest BCUT2D eigenvalue weighted by Gasteiger charge is 2.20. The molecule has 1 aromatic heterocycles. The maximum Gasteiger partial charge on any atom is 0.230 e. The molecule has 7 nitrogen and oxygen atoms in total. The van der Waals surface area contributed by atoms with E-state index in [1.165, 1.54) is 11.8 Å². The second kappa shape index (κ2) is 10.3. The van der Waals surface area contributed by atoms with Crippen LogP contribution < -0.4 is 5.32 Å². The Balaban J connectivity index is 1.54. The Labute approximate surface area is 169 Å². The number of nitrogens with zero attached hydrogens (tertiary/aromatic N) is 4. The third-order valence-electron chi connectivity index (χ3n) is 4.78. The van der Waals surface area contributed by atoms with Crippen molar-refractivity contribution in [3.8, 4) is 0 Å². The molecule has 2 aromatic rings. The van der Waals surface area contributed by atoms with Crippen molar-refractivity contribution in [1.82, 2.24) is 25.0 Å². The molecule has 1 aromatic carbocycles. The van der Waals surface area contributed by atoms with E-state index in [0.29, 0.717) is 26.1 Å². The first-order valence-electron chi connectivity index (χ1n) is 9.80. The summed E-state index contributed by atoms with van der Waals surface area (Å²) in [6.45, 7) is 4.51. The van der Waals surface area contributed by atoms with Crippen LogP contribution in [0.2, 0.25) is 0 Å². The van der Waals surface area contributed by atoms with Crippen LogP contribution >= 0.6 is 11.8 Å². The van der Waals surface area contributed by atoms with Gasteiger partial charge in [-0.15, -0.1) is 10.2 Å². The number of carbonyl (C=O) groups excluding carboxylic acids is 2. The highest BCUT2D eigenvalue weighted by atomic mass is 32.2. The highest BCUT2D eigenvalue weighted by molar-refractivity contribution is 7.99. The number of aromatic nitrogens is 3. The fraction of sp³-hybridized carbons (Fsp3) is 0.500. The lowest BCUT2D eigenvalue weighted by atomic mass is 10.2. The van der Waals surface area contributed by atoms with Gasteiger partial charge in [-0.05, 0) is 25.3 Å². The number of carbonyl (C=O) groups is 2. The van der Waals surface area contributed by atoms with E-state index in [0.717, 1.165) is 42.4 Å². The van der Waals surface area contributed by atoms with Crippen molar-refractivity contribution in [3.63, 3.8) is 0 Å². The average Bonchev–Trinajstić information content (AvgIpc) is 2.99. The Morgan fingerprint density at radius 2 is 2.00 bits per heavy atom. The van der Waals surface area contributed by atoms with Gasteiger partial charge in [-0.1, -0.05) is 48.5 Å². The van der Waals surface area contributed by atoms with Crippen LogP contribution in [-0.4, -0.2) is 43.8 Å². The molecule has 0 atom stereocenters. The van der Waals surface area contributed by atoms with Crippen molar-refractivity contribution < 1.29 is 9.59 Å². The predicted octanol–water partition coefficient (Wildman–Crippen LogP) is 2.61. The molecule has 1 aliphatic heterocycles. The van der Waals surface area contributed by atoms with Gasteiger partial charge >= 0.3 is 0 Å². The van der Waals surface area contributed by atoms with Crippen LogP contribution in [0.15, 0.2) is 35.5 Å². The van der Waals surface area contributed by atoms with Gasteiger partial charge in [0.15, 0.2) is 11.0 Å². The first kappa shape index (κ1) is 20.4. The number of thioether (sulfide) groups is 1. The molecule has 2 heterocycles. The Kier molecular flexibility index (Phi) is 7.47. The van der Waals surface area contributed by atoms with E-state index in [-0.39, 0.29) is 17.6 Å². The van der Waals surface area contributed by atoms with Crippen molar-refractivity contribution in [1.29, 1.82) is 0 Å². The largest absolute Gasteiger partial charge is 0.351 e. The molecule has 0 bridgehead atoms. The third kappa shape index (κ3) is 5.58. The van der Waals surface area contributed by atoms with Gasteiger partial charge in [0.05, 0.1) is 12.3 Å². The monoisotopic (exact) mass is 401 g/mol. The zero-order chi connectivity index (χ0) is 19.8. The Morgan fingerprint density at radius 3 is 2.79 bits per heavy atom. The summed E-state index contributed by atoms with van der Waals surface area (Å²) in [7, 11) is 0. The lowest BCUT2D eigenvalue weighted by Crippen LogP contribution is -2.31. The summed E-state index contributed by atoms with van der Waals surface area (Å²) in [5.41, 5.74) is 1.07. The molecule has 1 N–H and O–H groups in total. The molecule has 2 amide bonds. The molecule has 0 aliphatic carbocycles. The van der Waals surface area contributed by atoms with Crippen LogP contribution in [0.3, 0.4) is 0 Å². The maximum absolute atomic E-state index is 12.2. The first-order chi connectivity index (χ1) is 13.7. The minimum absolute atomic E-state index is 0.0382. The minimum atomic E-state index is -0.0382. The van der Waals surface area contributed by atoms with E-state index in [1.807, 2.05) is 46.7 Å². The average molecular weight is 402 g/mol. The summed E-state index contributed by atoms with van der Waals surface area (Å²) >= 11 is 1.38. The highest BCUT2D eigenvalue weighted by Crippen LogP contribution is 2.19. The van der Waals surface area contributed by atoms with Crippen molar-refractivity contribution in [2.75, 3.05) is 12.3 Å². The van der Waals surface area contributed by atoms with Gasteiger partial charge in [-0.2, -0.15) is 0 Å². The molecule has 1 fully saturated rings. The van der Waals surface area contributed by atoms with Crippen LogP contribution in [0.25, 0.3) is 0 Å². The molecule has 150 valence electrons. The standard InChI is InChI=1S/C20H27N5O2S/c1-2-25-17(14-24-12-8-4-7-11-19(24)27)22-23-20(25)28-15-18(26)21-13-16-9-5-3-6-10-16/h3,5-6,9-10H,2,4,7-8,11-15H2,1H3,(H,21,26). The van der Waals surface area contributed by atoms with Gasteiger partial charge in [0.1, 0.15) is 0 Å². The molecule has 0 spiro atoms. The van der Waals surface area contributed by atoms with Gasteiger partial charge in [-0.3, -0.25) is 9.59 Å². The van der Waals surface area contributed by atoms with E-state index < -0.39 is 0 Å². The summed E-state index contributed by atoms with van der Waals surface area (Å²) in [4.78, 5) is 26.3. The zero-order valence-electron chi connectivity index (χ0n) is 16.3. The molecule has 28 heavy (non-hydrogen) atoms. The predicted molar refractivity (Wildman–Crippen MR) is 109 cm³/mol. The topological polar surface area (TPSA) is 80.1 Å². The van der Waals surface area contributed by atoms with E-state index in [4.69, 9.17) is 0 Å². The molecule has 0 saturated carbocycles. The van der Waals surface area contributed by atoms with E-state index in [2.05, 4.69) is 15.5 Å². The maximum atomic E-state index is 12.2. The normalized spacial score (nSPS) is 14.8. The molecule has 0 radical (unpaired) electrons. The summed E-state index contributed by atoms with van der Waals surface area (Å²) in [5.74, 6) is 1.22. The molecule has 8 heteroatoms. The summed E-state index contributed by atoms with van der Waals surface area (Å²) in [6, 6.07) is 9.83. The van der Waals surface area contributed by atoms with E-state index >= 15 is 0 Å². The summed E-state index contributed by atoms with van der Waals surface area (Å²) in [5, 5.41) is 12.2. The summed E-state index contributed by atoms with van der Waals surface area (Å²) < 4.78 is 1.99. The van der Waals surface area contributed by atoms with Crippen LogP contribution in [-0.2, 0) is 29.2 Å². The lowest BCUT2D eigenvalue weighted by molar-refractivity contribution is -0.131. The van der Waals surface area contributed by atoms with Crippen molar-refractivity contribution >= 4 is 23.6 Å². The second-order valence-corrected chi connectivity index (χ2v) is 7.76. The number of hydrogen-bond donors (Lipinski definition) is 1. The number of amides is 2.